The maximum absolute atomic E-state index is 11.4. The van der Waals surface area contributed by atoms with Gasteiger partial charge in [-0.05, 0) is 24.6 Å². The summed E-state index contributed by atoms with van der Waals surface area (Å²) in [6, 6.07) is 3.65. The summed E-state index contributed by atoms with van der Waals surface area (Å²) < 4.78 is 5.15. The Kier molecular flexibility index (Phi) is 1.96. The molecule has 0 saturated heterocycles. The molecule has 0 spiro atoms. The van der Waals surface area contributed by atoms with Crippen molar-refractivity contribution in [2.75, 3.05) is 7.11 Å². The monoisotopic (exact) mass is 190 g/mol. The van der Waals surface area contributed by atoms with Gasteiger partial charge in [0.15, 0.2) is 0 Å². The Morgan fingerprint density at radius 3 is 2.93 bits per heavy atom. The second kappa shape index (κ2) is 3.14. The fourth-order valence-corrected chi connectivity index (χ4v) is 1.44. The van der Waals surface area contributed by atoms with Gasteiger partial charge in [-0.2, -0.15) is 0 Å². The van der Waals surface area contributed by atoms with E-state index in [0.717, 1.165) is 5.56 Å². The number of hydrogen-bond acceptors (Lipinski definition) is 3. The third-order valence-corrected chi connectivity index (χ3v) is 2.07. The van der Waals surface area contributed by atoms with Crippen LogP contribution in [0.2, 0.25) is 0 Å². The van der Waals surface area contributed by atoms with Crippen molar-refractivity contribution in [1.82, 2.24) is 9.97 Å². The van der Waals surface area contributed by atoms with Gasteiger partial charge in [0.2, 0.25) is 0 Å². The minimum Gasteiger partial charge on any atom is -0.494 e. The van der Waals surface area contributed by atoms with E-state index in [1.165, 1.54) is 6.33 Å². The van der Waals surface area contributed by atoms with Crippen LogP contribution in [0.5, 0.6) is 5.75 Å². The van der Waals surface area contributed by atoms with Crippen LogP contribution in [0, 0.1) is 6.92 Å². The number of nitrogens with one attached hydrogen (secondary N) is 1. The molecule has 72 valence electrons. The van der Waals surface area contributed by atoms with Gasteiger partial charge in [0.05, 0.1) is 18.8 Å². The summed E-state index contributed by atoms with van der Waals surface area (Å²) in [6.45, 7) is 1.91. The number of aryl methyl sites for hydroxylation is 1. The van der Waals surface area contributed by atoms with E-state index in [1.807, 2.05) is 13.0 Å². The van der Waals surface area contributed by atoms with Gasteiger partial charge in [0, 0.05) is 0 Å². The zero-order chi connectivity index (χ0) is 10.1. The van der Waals surface area contributed by atoms with Crippen molar-refractivity contribution >= 4 is 10.9 Å². The number of aromatic nitrogens is 2. The van der Waals surface area contributed by atoms with Crippen LogP contribution in [0.25, 0.3) is 10.9 Å². The first-order chi connectivity index (χ1) is 6.72. The van der Waals surface area contributed by atoms with Crippen molar-refractivity contribution in [3.63, 3.8) is 0 Å². The molecule has 1 heterocycles. The number of fused-ring (bicyclic) bond motifs is 1. The van der Waals surface area contributed by atoms with Gasteiger partial charge in [-0.25, -0.2) is 4.98 Å². The number of H-pyrrole nitrogens is 1. The van der Waals surface area contributed by atoms with Crippen LogP contribution < -0.4 is 10.3 Å². The number of hydrogen-bond donors (Lipinski definition) is 1. The first-order valence-electron chi connectivity index (χ1n) is 4.24. The molecule has 0 amide bonds. The van der Waals surface area contributed by atoms with Gasteiger partial charge < -0.3 is 9.72 Å². The highest BCUT2D eigenvalue weighted by atomic mass is 16.5. The largest absolute Gasteiger partial charge is 0.494 e. The van der Waals surface area contributed by atoms with Crippen molar-refractivity contribution in [2.24, 2.45) is 0 Å². The van der Waals surface area contributed by atoms with Crippen LogP contribution in [0.4, 0.5) is 0 Å². The predicted molar refractivity (Wildman–Crippen MR) is 53.7 cm³/mol. The van der Waals surface area contributed by atoms with Gasteiger partial charge in [-0.1, -0.05) is 0 Å². The van der Waals surface area contributed by atoms with Crippen molar-refractivity contribution in [3.8, 4) is 5.75 Å². The van der Waals surface area contributed by atoms with Gasteiger partial charge in [0.1, 0.15) is 11.3 Å². The summed E-state index contributed by atoms with van der Waals surface area (Å²) in [5.74, 6) is 0.631. The second-order valence-corrected chi connectivity index (χ2v) is 3.10. The minimum atomic E-state index is -0.142. The highest BCUT2D eigenvalue weighted by Gasteiger charge is 2.06. The van der Waals surface area contributed by atoms with Crippen LogP contribution in [0.3, 0.4) is 0 Å². The van der Waals surface area contributed by atoms with Crippen LogP contribution in [-0.2, 0) is 0 Å². The van der Waals surface area contributed by atoms with Gasteiger partial charge in [-0.15, -0.1) is 0 Å². The van der Waals surface area contributed by atoms with E-state index in [0.29, 0.717) is 16.7 Å². The highest BCUT2D eigenvalue weighted by Crippen LogP contribution is 2.22. The summed E-state index contributed by atoms with van der Waals surface area (Å²) in [6.07, 6.45) is 1.38. The normalized spacial score (nSPS) is 10.4. The molecule has 0 fully saturated rings. The zero-order valence-corrected chi connectivity index (χ0v) is 8.00. The van der Waals surface area contributed by atoms with Crippen molar-refractivity contribution < 1.29 is 4.74 Å². The Morgan fingerprint density at radius 1 is 1.43 bits per heavy atom. The number of nitrogens with zero attached hydrogens (tertiary/aromatic N) is 1. The number of ether oxygens (including phenoxy) is 1. The SMILES string of the molecule is COc1cc(C)cc2c(=O)[nH]cnc12. The zero-order valence-electron chi connectivity index (χ0n) is 8.00. The molecule has 2 rings (SSSR count). The van der Waals surface area contributed by atoms with E-state index in [9.17, 15) is 4.79 Å². The topological polar surface area (TPSA) is 55.0 Å². The lowest BCUT2D eigenvalue weighted by molar-refractivity contribution is 0.418. The maximum atomic E-state index is 11.4. The summed E-state index contributed by atoms with van der Waals surface area (Å²) in [5.41, 5.74) is 1.44. The van der Waals surface area contributed by atoms with Crippen molar-refractivity contribution in [1.29, 1.82) is 0 Å². The molecule has 0 radical (unpaired) electrons. The molecule has 0 bridgehead atoms. The molecular weight excluding hydrogens is 180 g/mol. The standard InChI is InChI=1S/C10H10N2O2/c1-6-3-7-9(8(4-6)14-2)11-5-12-10(7)13/h3-5H,1-2H3,(H,11,12,13). The van der Waals surface area contributed by atoms with Crippen LogP contribution in [-0.4, -0.2) is 17.1 Å². The van der Waals surface area contributed by atoms with Gasteiger partial charge in [-0.3, -0.25) is 4.79 Å². The fraction of sp³-hybridized carbons (Fsp3) is 0.200. The average Bonchev–Trinajstić information content (AvgIpc) is 2.18. The smallest absolute Gasteiger partial charge is 0.258 e. The Hall–Kier alpha value is -1.84. The number of benzene rings is 1. The van der Waals surface area contributed by atoms with E-state index >= 15 is 0 Å². The Balaban J connectivity index is 2.95. The molecule has 0 aliphatic carbocycles. The lowest BCUT2D eigenvalue weighted by atomic mass is 10.1. The van der Waals surface area contributed by atoms with E-state index in [-0.39, 0.29) is 5.56 Å². The highest BCUT2D eigenvalue weighted by molar-refractivity contribution is 5.84. The second-order valence-electron chi connectivity index (χ2n) is 3.10. The molecule has 0 aliphatic heterocycles. The lowest BCUT2D eigenvalue weighted by Gasteiger charge is -2.04. The quantitative estimate of drug-likeness (QED) is 0.736. The molecule has 0 aliphatic rings. The number of aromatic amines is 1. The number of methoxy groups -OCH3 is 1. The minimum absolute atomic E-state index is 0.142. The van der Waals surface area contributed by atoms with E-state index in [4.69, 9.17) is 4.74 Å². The van der Waals surface area contributed by atoms with Gasteiger partial charge >= 0.3 is 0 Å². The van der Waals surface area contributed by atoms with Crippen molar-refractivity contribution in [3.05, 3.63) is 34.4 Å². The summed E-state index contributed by atoms with van der Waals surface area (Å²) in [5, 5.41) is 0.560. The third kappa shape index (κ3) is 1.25. The molecule has 4 nitrogen and oxygen atoms in total. The molecule has 0 unspecified atom stereocenters. The van der Waals surface area contributed by atoms with Crippen LogP contribution in [0.15, 0.2) is 23.3 Å². The van der Waals surface area contributed by atoms with E-state index < -0.39 is 0 Å². The molecule has 1 N–H and O–H groups in total. The molecule has 1 aromatic heterocycles. The Morgan fingerprint density at radius 2 is 2.21 bits per heavy atom. The Labute approximate surface area is 80.6 Å². The molecule has 0 atom stereocenters. The average molecular weight is 190 g/mol. The van der Waals surface area contributed by atoms with E-state index in [2.05, 4.69) is 9.97 Å². The maximum Gasteiger partial charge on any atom is 0.258 e. The molecule has 0 saturated carbocycles. The summed E-state index contributed by atoms with van der Waals surface area (Å²) in [7, 11) is 1.57. The molecule has 1 aromatic carbocycles. The third-order valence-electron chi connectivity index (χ3n) is 2.07. The predicted octanol–water partition coefficient (Wildman–Crippen LogP) is 1.24. The van der Waals surface area contributed by atoms with Gasteiger partial charge in [0.25, 0.3) is 5.56 Å². The lowest BCUT2D eigenvalue weighted by Crippen LogP contribution is -2.07. The fourth-order valence-electron chi connectivity index (χ4n) is 1.44. The first-order valence-corrected chi connectivity index (χ1v) is 4.24. The molecule has 14 heavy (non-hydrogen) atoms. The van der Waals surface area contributed by atoms with E-state index in [1.54, 1.807) is 13.2 Å². The Bertz CT molecular complexity index is 531. The summed E-state index contributed by atoms with van der Waals surface area (Å²) >= 11 is 0. The van der Waals surface area contributed by atoms with Crippen LogP contribution in [0.1, 0.15) is 5.56 Å². The molecule has 2 aromatic rings. The van der Waals surface area contributed by atoms with Crippen molar-refractivity contribution in [2.45, 2.75) is 6.92 Å². The first kappa shape index (κ1) is 8.74. The molecular formula is C10H10N2O2. The summed E-state index contributed by atoms with van der Waals surface area (Å²) in [4.78, 5) is 18.1. The number of rotatable bonds is 1. The van der Waals surface area contributed by atoms with Crippen LogP contribution >= 0.6 is 0 Å². The molecule has 4 heteroatoms.